The molecule has 3 heteroatoms. The Morgan fingerprint density at radius 1 is 1.14 bits per heavy atom. The molecule has 1 aliphatic heterocycles. The molecule has 1 fully saturated rings. The van der Waals surface area contributed by atoms with Crippen LogP contribution in [0.15, 0.2) is 48.8 Å². The average molecular weight is 282 g/mol. The summed E-state index contributed by atoms with van der Waals surface area (Å²) >= 11 is 0. The standard InChI is InChI=1S/C18H22N2O/c1-21-18-4-2-16(3-5-18)17-9-13-20(14-17)12-8-15-6-10-19-11-7-15/h2-7,10-11,17H,8-9,12-14H2,1H3. The van der Waals surface area contributed by atoms with Crippen molar-refractivity contribution in [1.29, 1.82) is 0 Å². The van der Waals surface area contributed by atoms with E-state index >= 15 is 0 Å². The first kappa shape index (κ1) is 14.1. The van der Waals surface area contributed by atoms with Gasteiger partial charge in [0.15, 0.2) is 0 Å². The van der Waals surface area contributed by atoms with Crippen molar-refractivity contribution in [1.82, 2.24) is 9.88 Å². The molecule has 0 radical (unpaired) electrons. The van der Waals surface area contributed by atoms with Crippen LogP contribution in [0.4, 0.5) is 0 Å². The quantitative estimate of drug-likeness (QED) is 0.842. The molecule has 0 bridgehead atoms. The summed E-state index contributed by atoms with van der Waals surface area (Å²) in [5.74, 6) is 1.60. The Morgan fingerprint density at radius 3 is 2.62 bits per heavy atom. The molecule has 2 aromatic rings. The highest BCUT2D eigenvalue weighted by atomic mass is 16.5. The molecule has 110 valence electrons. The Labute approximate surface area is 126 Å². The highest BCUT2D eigenvalue weighted by molar-refractivity contribution is 5.30. The van der Waals surface area contributed by atoms with Gasteiger partial charge < -0.3 is 9.64 Å². The molecule has 0 saturated carbocycles. The molecule has 0 spiro atoms. The van der Waals surface area contributed by atoms with Crippen molar-refractivity contribution in [2.45, 2.75) is 18.8 Å². The van der Waals surface area contributed by atoms with Crippen LogP contribution in [0.2, 0.25) is 0 Å². The third kappa shape index (κ3) is 3.61. The van der Waals surface area contributed by atoms with Gasteiger partial charge in [0.25, 0.3) is 0 Å². The minimum Gasteiger partial charge on any atom is -0.497 e. The lowest BCUT2D eigenvalue weighted by Gasteiger charge is -2.16. The third-order valence-electron chi connectivity index (χ3n) is 4.33. The Morgan fingerprint density at radius 2 is 1.90 bits per heavy atom. The Balaban J connectivity index is 1.52. The minimum absolute atomic E-state index is 0.661. The highest BCUT2D eigenvalue weighted by Crippen LogP contribution is 2.28. The van der Waals surface area contributed by atoms with Crippen molar-refractivity contribution >= 4 is 0 Å². The molecule has 3 nitrogen and oxygen atoms in total. The number of nitrogens with zero attached hydrogens (tertiary/aromatic N) is 2. The Bertz CT molecular complexity index is 553. The van der Waals surface area contributed by atoms with Crippen molar-refractivity contribution in [3.8, 4) is 5.75 Å². The van der Waals surface area contributed by atoms with Crippen LogP contribution in [0.3, 0.4) is 0 Å². The van der Waals surface area contributed by atoms with Gasteiger partial charge in [-0.05, 0) is 60.7 Å². The van der Waals surface area contributed by atoms with Crippen molar-refractivity contribution < 1.29 is 4.74 Å². The number of likely N-dealkylation sites (tertiary alicyclic amines) is 1. The van der Waals surface area contributed by atoms with E-state index in [1.807, 2.05) is 12.4 Å². The summed E-state index contributed by atoms with van der Waals surface area (Å²) in [7, 11) is 1.71. The van der Waals surface area contributed by atoms with Crippen LogP contribution < -0.4 is 4.74 Å². The lowest BCUT2D eigenvalue weighted by Crippen LogP contribution is -2.23. The fraction of sp³-hybridized carbons (Fsp3) is 0.389. The number of hydrogen-bond acceptors (Lipinski definition) is 3. The van der Waals surface area contributed by atoms with Gasteiger partial charge in [-0.3, -0.25) is 4.98 Å². The Hall–Kier alpha value is -1.87. The van der Waals surface area contributed by atoms with Gasteiger partial charge in [0.05, 0.1) is 7.11 Å². The first-order valence-corrected chi connectivity index (χ1v) is 7.60. The molecule has 1 atom stereocenters. The summed E-state index contributed by atoms with van der Waals surface area (Å²) in [6, 6.07) is 12.8. The monoisotopic (exact) mass is 282 g/mol. The number of hydrogen-bond donors (Lipinski definition) is 0. The molecule has 0 N–H and O–H groups in total. The van der Waals surface area contributed by atoms with Crippen LogP contribution in [0.25, 0.3) is 0 Å². The van der Waals surface area contributed by atoms with E-state index in [2.05, 4.69) is 46.3 Å². The predicted octanol–water partition coefficient (Wildman–Crippen LogP) is 3.12. The van der Waals surface area contributed by atoms with Crippen LogP contribution in [-0.4, -0.2) is 36.6 Å². The SMILES string of the molecule is COc1ccc(C2CCN(CCc3ccncc3)C2)cc1. The molecule has 1 aromatic carbocycles. The summed E-state index contributed by atoms with van der Waals surface area (Å²) in [6.45, 7) is 3.50. The fourth-order valence-corrected chi connectivity index (χ4v) is 3.02. The van der Waals surface area contributed by atoms with Gasteiger partial charge in [-0.2, -0.15) is 0 Å². The molecule has 1 aromatic heterocycles. The van der Waals surface area contributed by atoms with Crippen molar-refractivity contribution in [3.63, 3.8) is 0 Å². The normalized spacial score (nSPS) is 18.8. The van der Waals surface area contributed by atoms with Crippen LogP contribution in [0.1, 0.15) is 23.5 Å². The number of methoxy groups -OCH3 is 1. The van der Waals surface area contributed by atoms with Gasteiger partial charge in [-0.1, -0.05) is 12.1 Å². The molecular weight excluding hydrogens is 260 g/mol. The molecule has 1 saturated heterocycles. The second-order valence-electron chi connectivity index (χ2n) is 5.66. The molecule has 1 aliphatic rings. The van der Waals surface area contributed by atoms with Crippen LogP contribution >= 0.6 is 0 Å². The van der Waals surface area contributed by atoms with Crippen LogP contribution in [0.5, 0.6) is 5.75 Å². The fourth-order valence-electron chi connectivity index (χ4n) is 3.02. The molecule has 1 unspecified atom stereocenters. The van der Waals surface area contributed by atoms with E-state index in [1.165, 1.54) is 24.1 Å². The summed E-state index contributed by atoms with van der Waals surface area (Å²) in [6.07, 6.45) is 6.11. The third-order valence-corrected chi connectivity index (χ3v) is 4.33. The van der Waals surface area contributed by atoms with Gasteiger partial charge in [0.1, 0.15) is 5.75 Å². The van der Waals surface area contributed by atoms with E-state index in [4.69, 9.17) is 4.74 Å². The van der Waals surface area contributed by atoms with Crippen LogP contribution in [0, 0.1) is 0 Å². The van der Waals surface area contributed by atoms with Gasteiger partial charge in [0, 0.05) is 25.5 Å². The number of ether oxygens (including phenoxy) is 1. The molecule has 0 aliphatic carbocycles. The predicted molar refractivity (Wildman–Crippen MR) is 84.7 cm³/mol. The first-order valence-electron chi connectivity index (χ1n) is 7.60. The van der Waals surface area contributed by atoms with Gasteiger partial charge >= 0.3 is 0 Å². The zero-order valence-electron chi connectivity index (χ0n) is 12.5. The number of benzene rings is 1. The first-order chi connectivity index (χ1) is 10.3. The summed E-state index contributed by atoms with van der Waals surface area (Å²) in [5, 5.41) is 0. The average Bonchev–Trinajstić information content (AvgIpc) is 3.03. The highest BCUT2D eigenvalue weighted by Gasteiger charge is 2.23. The molecule has 3 rings (SSSR count). The molecular formula is C18H22N2O. The molecule has 21 heavy (non-hydrogen) atoms. The van der Waals surface area contributed by atoms with Crippen molar-refractivity contribution in [2.75, 3.05) is 26.7 Å². The van der Waals surface area contributed by atoms with E-state index in [1.54, 1.807) is 7.11 Å². The van der Waals surface area contributed by atoms with E-state index in [0.717, 1.165) is 25.3 Å². The van der Waals surface area contributed by atoms with E-state index in [9.17, 15) is 0 Å². The van der Waals surface area contributed by atoms with E-state index in [-0.39, 0.29) is 0 Å². The summed E-state index contributed by atoms with van der Waals surface area (Å²) in [5.41, 5.74) is 2.81. The lowest BCUT2D eigenvalue weighted by molar-refractivity contribution is 0.339. The Kier molecular flexibility index (Phi) is 4.51. The second-order valence-corrected chi connectivity index (χ2v) is 5.66. The van der Waals surface area contributed by atoms with Crippen molar-refractivity contribution in [2.24, 2.45) is 0 Å². The van der Waals surface area contributed by atoms with Gasteiger partial charge in [-0.25, -0.2) is 0 Å². The maximum Gasteiger partial charge on any atom is 0.118 e. The topological polar surface area (TPSA) is 25.4 Å². The second kappa shape index (κ2) is 6.72. The summed E-state index contributed by atoms with van der Waals surface area (Å²) < 4.78 is 5.22. The van der Waals surface area contributed by atoms with E-state index < -0.39 is 0 Å². The zero-order valence-corrected chi connectivity index (χ0v) is 12.5. The maximum atomic E-state index is 5.22. The van der Waals surface area contributed by atoms with Gasteiger partial charge in [0.2, 0.25) is 0 Å². The number of pyridine rings is 1. The number of aromatic nitrogens is 1. The van der Waals surface area contributed by atoms with Gasteiger partial charge in [-0.15, -0.1) is 0 Å². The van der Waals surface area contributed by atoms with Crippen LogP contribution in [-0.2, 0) is 6.42 Å². The minimum atomic E-state index is 0.661. The zero-order chi connectivity index (χ0) is 14.5. The lowest BCUT2D eigenvalue weighted by atomic mass is 9.98. The van der Waals surface area contributed by atoms with E-state index in [0.29, 0.717) is 5.92 Å². The summed E-state index contributed by atoms with van der Waals surface area (Å²) in [4.78, 5) is 6.63. The van der Waals surface area contributed by atoms with Crippen molar-refractivity contribution in [3.05, 3.63) is 59.9 Å². The number of rotatable bonds is 5. The molecule has 0 amide bonds. The maximum absolute atomic E-state index is 5.22. The smallest absolute Gasteiger partial charge is 0.118 e. The largest absolute Gasteiger partial charge is 0.497 e. The molecule has 2 heterocycles.